The molecule has 3 nitrogen and oxygen atoms in total. The number of carbonyl (C=O) groups excluding carboxylic acids is 1. The van der Waals surface area contributed by atoms with E-state index in [1.54, 1.807) is 12.1 Å². The van der Waals surface area contributed by atoms with Crippen LogP contribution < -0.4 is 5.32 Å². The van der Waals surface area contributed by atoms with Crippen molar-refractivity contribution in [1.82, 2.24) is 5.32 Å². The van der Waals surface area contributed by atoms with Gasteiger partial charge in [-0.15, -0.1) is 0 Å². The van der Waals surface area contributed by atoms with Gasteiger partial charge in [0.15, 0.2) is 0 Å². The van der Waals surface area contributed by atoms with Gasteiger partial charge in [0.25, 0.3) is 0 Å². The highest BCUT2D eigenvalue weighted by molar-refractivity contribution is 5.86. The van der Waals surface area contributed by atoms with E-state index >= 15 is 0 Å². The van der Waals surface area contributed by atoms with Gasteiger partial charge < -0.3 is 10.1 Å². The summed E-state index contributed by atoms with van der Waals surface area (Å²) in [5, 5.41) is 3.53. The summed E-state index contributed by atoms with van der Waals surface area (Å²) in [6.45, 7) is 0.745. The number of esters is 1. The second kappa shape index (κ2) is 8.08. The third-order valence-electron chi connectivity index (χ3n) is 4.60. The van der Waals surface area contributed by atoms with Crippen LogP contribution in [0.5, 0.6) is 0 Å². The Hall–Kier alpha value is -2.46. The molecule has 0 saturated heterocycles. The zero-order chi connectivity index (χ0) is 17.6. The van der Waals surface area contributed by atoms with E-state index in [1.807, 2.05) is 18.2 Å². The Bertz CT molecular complexity index is 785. The minimum Gasteiger partial charge on any atom is -0.466 e. The summed E-state index contributed by atoms with van der Waals surface area (Å²) in [4.78, 5) is 11.2. The quantitative estimate of drug-likeness (QED) is 0.642. The molecular formula is C21H22FNO2. The van der Waals surface area contributed by atoms with Crippen molar-refractivity contribution in [3.8, 4) is 0 Å². The van der Waals surface area contributed by atoms with Gasteiger partial charge in [-0.25, -0.2) is 9.18 Å². The summed E-state index contributed by atoms with van der Waals surface area (Å²) in [6.07, 6.45) is 5.92. The molecule has 1 aliphatic carbocycles. The molecule has 0 spiro atoms. The van der Waals surface area contributed by atoms with Crippen LogP contribution in [-0.4, -0.2) is 19.6 Å². The normalized spacial score (nSPS) is 16.2. The fraction of sp³-hybridized carbons (Fsp3) is 0.286. The van der Waals surface area contributed by atoms with E-state index in [-0.39, 0.29) is 11.8 Å². The van der Waals surface area contributed by atoms with Crippen molar-refractivity contribution in [3.63, 3.8) is 0 Å². The summed E-state index contributed by atoms with van der Waals surface area (Å²) in [5.41, 5.74) is 4.34. The van der Waals surface area contributed by atoms with Crippen molar-refractivity contribution in [1.29, 1.82) is 0 Å². The number of benzene rings is 2. The lowest BCUT2D eigenvalue weighted by molar-refractivity contribution is -0.134. The molecule has 0 aromatic heterocycles. The van der Waals surface area contributed by atoms with Gasteiger partial charge in [0, 0.05) is 12.1 Å². The lowest BCUT2D eigenvalue weighted by atomic mass is 10.0. The minimum absolute atomic E-state index is 0.141. The monoisotopic (exact) mass is 339 g/mol. The summed E-state index contributed by atoms with van der Waals surface area (Å²) in [6, 6.07) is 13.5. The molecule has 0 fully saturated rings. The van der Waals surface area contributed by atoms with Gasteiger partial charge in [0.2, 0.25) is 0 Å². The molecule has 2 aromatic rings. The number of aryl methyl sites for hydroxylation is 1. The molecule has 1 aliphatic rings. The SMILES string of the molecule is COC(=O)C=Cc1ccc2c(c1)CCC2NCCc1ccccc1F. The number of rotatable bonds is 6. The van der Waals surface area contributed by atoms with Gasteiger partial charge in [-0.3, -0.25) is 0 Å². The number of hydrogen-bond acceptors (Lipinski definition) is 3. The van der Waals surface area contributed by atoms with Crippen molar-refractivity contribution >= 4 is 12.0 Å². The molecular weight excluding hydrogens is 317 g/mol. The van der Waals surface area contributed by atoms with Gasteiger partial charge in [0.05, 0.1) is 7.11 Å². The van der Waals surface area contributed by atoms with Crippen LogP contribution in [0.15, 0.2) is 48.5 Å². The summed E-state index contributed by atoms with van der Waals surface area (Å²) >= 11 is 0. The van der Waals surface area contributed by atoms with Crippen LogP contribution in [0, 0.1) is 5.82 Å². The molecule has 130 valence electrons. The summed E-state index contributed by atoms with van der Waals surface area (Å²) in [7, 11) is 1.37. The maximum absolute atomic E-state index is 13.7. The van der Waals surface area contributed by atoms with Gasteiger partial charge in [-0.2, -0.15) is 0 Å². The Balaban J connectivity index is 1.59. The molecule has 3 rings (SSSR count). The molecule has 0 saturated carbocycles. The number of ether oxygens (including phenoxy) is 1. The molecule has 0 radical (unpaired) electrons. The Kier molecular flexibility index (Phi) is 5.61. The summed E-state index contributed by atoms with van der Waals surface area (Å²) < 4.78 is 18.3. The van der Waals surface area contributed by atoms with Crippen LogP contribution in [0.1, 0.15) is 34.7 Å². The molecule has 1 unspecified atom stereocenters. The molecule has 1 atom stereocenters. The number of halogens is 1. The number of nitrogens with one attached hydrogen (secondary N) is 1. The zero-order valence-electron chi connectivity index (χ0n) is 14.3. The second-order valence-corrected chi connectivity index (χ2v) is 6.20. The van der Waals surface area contributed by atoms with E-state index in [0.717, 1.165) is 30.5 Å². The van der Waals surface area contributed by atoms with E-state index in [2.05, 4.69) is 22.2 Å². The van der Waals surface area contributed by atoms with Crippen LogP contribution in [0.25, 0.3) is 6.08 Å². The average molecular weight is 339 g/mol. The maximum atomic E-state index is 13.7. The number of carbonyl (C=O) groups is 1. The van der Waals surface area contributed by atoms with Crippen molar-refractivity contribution in [2.75, 3.05) is 13.7 Å². The Morgan fingerprint density at radius 3 is 2.96 bits per heavy atom. The first kappa shape index (κ1) is 17.4. The molecule has 0 heterocycles. The highest BCUT2D eigenvalue weighted by atomic mass is 19.1. The van der Waals surface area contributed by atoms with Gasteiger partial charge in [-0.1, -0.05) is 36.4 Å². The third-order valence-corrected chi connectivity index (χ3v) is 4.60. The van der Waals surface area contributed by atoms with Gasteiger partial charge >= 0.3 is 5.97 Å². The summed E-state index contributed by atoms with van der Waals surface area (Å²) in [5.74, 6) is -0.494. The fourth-order valence-corrected chi connectivity index (χ4v) is 3.27. The lowest BCUT2D eigenvalue weighted by Gasteiger charge is -2.14. The Morgan fingerprint density at radius 1 is 1.32 bits per heavy atom. The van der Waals surface area contributed by atoms with E-state index in [1.165, 1.54) is 30.4 Å². The second-order valence-electron chi connectivity index (χ2n) is 6.20. The van der Waals surface area contributed by atoms with Crippen molar-refractivity contribution in [3.05, 3.63) is 76.6 Å². The van der Waals surface area contributed by atoms with E-state index in [0.29, 0.717) is 12.5 Å². The molecule has 25 heavy (non-hydrogen) atoms. The van der Waals surface area contributed by atoms with Crippen molar-refractivity contribution in [2.24, 2.45) is 0 Å². The molecule has 0 bridgehead atoms. The first-order valence-corrected chi connectivity index (χ1v) is 8.53. The standard InChI is InChI=1S/C21H22FNO2/c1-25-21(24)11-7-15-6-9-18-17(14-15)8-10-20(18)23-13-12-16-4-2-3-5-19(16)22/h2-7,9,11,14,20,23H,8,10,12-13H2,1H3. The number of methoxy groups -OCH3 is 1. The van der Waals surface area contributed by atoms with Gasteiger partial charge in [0.1, 0.15) is 5.82 Å². The van der Waals surface area contributed by atoms with Gasteiger partial charge in [-0.05, 0) is 60.2 Å². The van der Waals surface area contributed by atoms with Crippen LogP contribution in [0.2, 0.25) is 0 Å². The van der Waals surface area contributed by atoms with Crippen LogP contribution in [0.4, 0.5) is 4.39 Å². The molecule has 1 N–H and O–H groups in total. The van der Waals surface area contributed by atoms with Crippen molar-refractivity contribution in [2.45, 2.75) is 25.3 Å². The third kappa shape index (κ3) is 4.34. The molecule has 4 heteroatoms. The van der Waals surface area contributed by atoms with E-state index in [9.17, 15) is 9.18 Å². The van der Waals surface area contributed by atoms with Crippen LogP contribution >= 0.6 is 0 Å². The highest BCUT2D eigenvalue weighted by Gasteiger charge is 2.21. The zero-order valence-corrected chi connectivity index (χ0v) is 14.3. The largest absolute Gasteiger partial charge is 0.466 e. The topological polar surface area (TPSA) is 38.3 Å². The van der Waals surface area contributed by atoms with Crippen LogP contribution in [-0.2, 0) is 22.4 Å². The van der Waals surface area contributed by atoms with Crippen molar-refractivity contribution < 1.29 is 13.9 Å². The number of hydrogen-bond donors (Lipinski definition) is 1. The predicted molar refractivity (Wildman–Crippen MR) is 96.7 cm³/mol. The first-order valence-electron chi connectivity index (χ1n) is 8.53. The minimum atomic E-state index is -0.354. The Labute approximate surface area is 147 Å². The smallest absolute Gasteiger partial charge is 0.330 e. The molecule has 0 aliphatic heterocycles. The average Bonchev–Trinajstić information content (AvgIpc) is 3.03. The van der Waals surface area contributed by atoms with Crippen LogP contribution in [0.3, 0.4) is 0 Å². The van der Waals surface area contributed by atoms with E-state index in [4.69, 9.17) is 0 Å². The maximum Gasteiger partial charge on any atom is 0.330 e. The molecule has 0 amide bonds. The first-order chi connectivity index (χ1) is 12.2. The van der Waals surface area contributed by atoms with E-state index < -0.39 is 0 Å². The highest BCUT2D eigenvalue weighted by Crippen LogP contribution is 2.32. The number of fused-ring (bicyclic) bond motifs is 1. The molecule has 2 aromatic carbocycles. The predicted octanol–water partition coefficient (Wildman–Crippen LogP) is 3.83. The Morgan fingerprint density at radius 2 is 2.16 bits per heavy atom. The lowest BCUT2D eigenvalue weighted by Crippen LogP contribution is -2.22. The fourth-order valence-electron chi connectivity index (χ4n) is 3.27.